The van der Waals surface area contributed by atoms with E-state index in [1.54, 1.807) is 19.2 Å². The summed E-state index contributed by atoms with van der Waals surface area (Å²) in [6, 6.07) is 11.6. The van der Waals surface area contributed by atoms with Gasteiger partial charge in [-0.1, -0.05) is 18.2 Å². The number of phenols is 1. The maximum absolute atomic E-state index is 9.30. The predicted molar refractivity (Wildman–Crippen MR) is 79.2 cm³/mol. The molecule has 0 aliphatic carbocycles. The summed E-state index contributed by atoms with van der Waals surface area (Å²) in [5.41, 5.74) is 2.37. The molecular formula is C16H20N2O2. The highest BCUT2D eigenvalue weighted by Crippen LogP contribution is 2.14. The molecule has 0 spiro atoms. The molecule has 0 fully saturated rings. The molecule has 0 aliphatic rings. The van der Waals surface area contributed by atoms with Crippen molar-refractivity contribution in [2.45, 2.75) is 18.9 Å². The number of phenolic OH excluding ortho intramolecular Hbond substituents is 1. The summed E-state index contributed by atoms with van der Waals surface area (Å²) in [4.78, 5) is 4.22. The number of ether oxygens (including phenoxy) is 1. The van der Waals surface area contributed by atoms with Crippen LogP contribution in [0.25, 0.3) is 0 Å². The van der Waals surface area contributed by atoms with Crippen LogP contribution in [0.4, 0.5) is 0 Å². The summed E-state index contributed by atoms with van der Waals surface area (Å²) in [6.07, 6.45) is 3.65. The van der Waals surface area contributed by atoms with Crippen LogP contribution >= 0.6 is 0 Å². The highest BCUT2D eigenvalue weighted by atomic mass is 16.5. The molecule has 20 heavy (non-hydrogen) atoms. The Morgan fingerprint density at radius 2 is 1.75 bits per heavy atom. The van der Waals surface area contributed by atoms with E-state index in [1.165, 1.54) is 11.1 Å². The third-order valence-corrected chi connectivity index (χ3v) is 3.32. The van der Waals surface area contributed by atoms with Gasteiger partial charge < -0.3 is 15.2 Å². The molecule has 4 nitrogen and oxygen atoms in total. The fourth-order valence-electron chi connectivity index (χ4n) is 2.13. The van der Waals surface area contributed by atoms with Gasteiger partial charge in [-0.25, -0.2) is 4.98 Å². The normalized spacial score (nSPS) is 12.1. The summed E-state index contributed by atoms with van der Waals surface area (Å²) in [7, 11) is 3.57. The van der Waals surface area contributed by atoms with Crippen LogP contribution in [0, 0.1) is 0 Å². The summed E-state index contributed by atoms with van der Waals surface area (Å²) in [6.45, 7) is 0. The van der Waals surface area contributed by atoms with Gasteiger partial charge in [-0.15, -0.1) is 0 Å². The van der Waals surface area contributed by atoms with Gasteiger partial charge in [0.25, 0.3) is 0 Å². The average molecular weight is 272 g/mol. The smallest absolute Gasteiger partial charge is 0.212 e. The molecule has 0 amide bonds. The lowest BCUT2D eigenvalue weighted by Crippen LogP contribution is -2.29. The number of hydrogen-bond donors (Lipinski definition) is 2. The molecule has 2 rings (SSSR count). The Labute approximate surface area is 119 Å². The summed E-state index contributed by atoms with van der Waals surface area (Å²) < 4.78 is 5.06. The third kappa shape index (κ3) is 3.96. The van der Waals surface area contributed by atoms with Gasteiger partial charge in [0.1, 0.15) is 5.75 Å². The number of likely N-dealkylation sites (N-methyl/N-ethyl adjacent to an activating group) is 1. The largest absolute Gasteiger partial charge is 0.508 e. The lowest BCUT2D eigenvalue weighted by Gasteiger charge is -2.16. The van der Waals surface area contributed by atoms with E-state index < -0.39 is 0 Å². The number of rotatable bonds is 6. The number of aromatic nitrogens is 1. The Morgan fingerprint density at radius 3 is 2.30 bits per heavy atom. The first-order valence-electron chi connectivity index (χ1n) is 6.65. The fourth-order valence-corrected chi connectivity index (χ4v) is 2.13. The standard InChI is InChI=1S/C16H20N2O2/c1-17-14(9-12-3-6-15(19)7-4-12)10-13-5-8-16(20-2)18-11-13/h3-8,11,14,17,19H,9-10H2,1-2H3. The lowest BCUT2D eigenvalue weighted by molar-refractivity contribution is 0.397. The molecule has 1 atom stereocenters. The van der Waals surface area contributed by atoms with Crippen LogP contribution in [0.15, 0.2) is 42.6 Å². The second-order valence-electron chi connectivity index (χ2n) is 4.77. The maximum atomic E-state index is 9.30. The molecule has 0 saturated heterocycles. The molecule has 0 bridgehead atoms. The first kappa shape index (κ1) is 14.3. The van der Waals surface area contributed by atoms with Gasteiger partial charge in [0.2, 0.25) is 5.88 Å². The van der Waals surface area contributed by atoms with Gasteiger partial charge in [0.05, 0.1) is 7.11 Å². The molecule has 1 aromatic heterocycles. The molecule has 1 heterocycles. The van der Waals surface area contributed by atoms with Crippen molar-refractivity contribution in [3.05, 3.63) is 53.7 Å². The van der Waals surface area contributed by atoms with Gasteiger partial charge in [0, 0.05) is 18.3 Å². The number of aromatic hydroxyl groups is 1. The second kappa shape index (κ2) is 6.91. The molecule has 4 heteroatoms. The Morgan fingerprint density at radius 1 is 1.10 bits per heavy atom. The van der Waals surface area contributed by atoms with Crippen molar-refractivity contribution in [3.8, 4) is 11.6 Å². The SMILES string of the molecule is CNC(Cc1ccc(O)cc1)Cc1ccc(OC)nc1. The van der Waals surface area contributed by atoms with E-state index in [-0.39, 0.29) is 0 Å². The van der Waals surface area contributed by atoms with Crippen LogP contribution in [-0.4, -0.2) is 30.3 Å². The summed E-state index contributed by atoms with van der Waals surface area (Å²) in [5.74, 6) is 0.933. The summed E-state index contributed by atoms with van der Waals surface area (Å²) >= 11 is 0. The maximum Gasteiger partial charge on any atom is 0.212 e. The van der Waals surface area contributed by atoms with E-state index >= 15 is 0 Å². The average Bonchev–Trinajstić information content (AvgIpc) is 2.49. The number of pyridine rings is 1. The number of nitrogens with one attached hydrogen (secondary N) is 1. The topological polar surface area (TPSA) is 54.4 Å². The lowest BCUT2D eigenvalue weighted by atomic mass is 10.00. The van der Waals surface area contributed by atoms with Crippen molar-refractivity contribution in [2.75, 3.05) is 14.2 Å². The van der Waals surface area contributed by atoms with Crippen LogP contribution in [-0.2, 0) is 12.8 Å². The van der Waals surface area contributed by atoms with Gasteiger partial charge in [-0.2, -0.15) is 0 Å². The van der Waals surface area contributed by atoms with E-state index in [0.717, 1.165) is 12.8 Å². The first-order chi connectivity index (χ1) is 9.71. The van der Waals surface area contributed by atoms with Gasteiger partial charge in [-0.3, -0.25) is 0 Å². The van der Waals surface area contributed by atoms with Crippen molar-refractivity contribution >= 4 is 0 Å². The summed E-state index contributed by atoms with van der Waals surface area (Å²) in [5, 5.41) is 12.6. The molecule has 106 valence electrons. The Balaban J connectivity index is 1.99. The van der Waals surface area contributed by atoms with E-state index in [0.29, 0.717) is 17.7 Å². The minimum atomic E-state index is 0.300. The zero-order chi connectivity index (χ0) is 14.4. The van der Waals surface area contributed by atoms with Crippen LogP contribution in [0.5, 0.6) is 11.6 Å². The first-order valence-corrected chi connectivity index (χ1v) is 6.65. The van der Waals surface area contributed by atoms with E-state index in [1.807, 2.05) is 37.5 Å². The van der Waals surface area contributed by atoms with Crippen molar-refractivity contribution in [3.63, 3.8) is 0 Å². The molecule has 1 unspecified atom stereocenters. The zero-order valence-corrected chi connectivity index (χ0v) is 11.8. The molecule has 0 saturated carbocycles. The predicted octanol–water partition coefficient (Wildman–Crippen LogP) is 2.17. The minimum absolute atomic E-state index is 0.300. The number of methoxy groups -OCH3 is 1. The fraction of sp³-hybridized carbons (Fsp3) is 0.312. The van der Waals surface area contributed by atoms with Crippen LogP contribution in [0.2, 0.25) is 0 Å². The van der Waals surface area contributed by atoms with Crippen molar-refractivity contribution < 1.29 is 9.84 Å². The highest BCUT2D eigenvalue weighted by molar-refractivity contribution is 5.27. The van der Waals surface area contributed by atoms with Crippen LogP contribution in [0.1, 0.15) is 11.1 Å². The van der Waals surface area contributed by atoms with Gasteiger partial charge in [-0.05, 0) is 43.1 Å². The third-order valence-electron chi connectivity index (χ3n) is 3.32. The Hall–Kier alpha value is -2.07. The van der Waals surface area contributed by atoms with Gasteiger partial charge >= 0.3 is 0 Å². The zero-order valence-electron chi connectivity index (χ0n) is 11.8. The van der Waals surface area contributed by atoms with E-state index in [9.17, 15) is 5.11 Å². The van der Waals surface area contributed by atoms with E-state index in [2.05, 4.69) is 10.3 Å². The quantitative estimate of drug-likeness (QED) is 0.846. The molecular weight excluding hydrogens is 252 g/mol. The number of benzene rings is 1. The second-order valence-corrected chi connectivity index (χ2v) is 4.77. The van der Waals surface area contributed by atoms with Crippen LogP contribution < -0.4 is 10.1 Å². The Kier molecular flexibility index (Phi) is 4.96. The minimum Gasteiger partial charge on any atom is -0.508 e. The van der Waals surface area contributed by atoms with E-state index in [4.69, 9.17) is 4.74 Å². The molecule has 2 N–H and O–H groups in total. The number of nitrogens with zero attached hydrogens (tertiary/aromatic N) is 1. The number of hydrogen-bond acceptors (Lipinski definition) is 4. The van der Waals surface area contributed by atoms with Crippen molar-refractivity contribution in [1.82, 2.24) is 10.3 Å². The Bertz CT molecular complexity index is 523. The van der Waals surface area contributed by atoms with Gasteiger partial charge in [0.15, 0.2) is 0 Å². The molecule has 2 aromatic rings. The molecule has 0 radical (unpaired) electrons. The monoisotopic (exact) mass is 272 g/mol. The molecule has 1 aromatic carbocycles. The molecule has 0 aliphatic heterocycles. The van der Waals surface area contributed by atoms with Crippen LogP contribution in [0.3, 0.4) is 0 Å². The van der Waals surface area contributed by atoms with Crippen molar-refractivity contribution in [1.29, 1.82) is 0 Å². The van der Waals surface area contributed by atoms with Crippen molar-refractivity contribution in [2.24, 2.45) is 0 Å². The highest BCUT2D eigenvalue weighted by Gasteiger charge is 2.09.